The van der Waals surface area contributed by atoms with Gasteiger partial charge in [-0.2, -0.15) is 0 Å². The third-order valence-corrected chi connectivity index (χ3v) is 5.90. The molecule has 0 aliphatic heterocycles. The minimum Gasteiger partial charge on any atom is -0.484 e. The lowest BCUT2D eigenvalue weighted by Crippen LogP contribution is -2.26. The molecule has 0 unspecified atom stereocenters. The normalized spacial score (nSPS) is 12.2. The second-order valence-electron chi connectivity index (χ2n) is 6.69. The van der Waals surface area contributed by atoms with Gasteiger partial charge >= 0.3 is 0 Å². The Morgan fingerprint density at radius 2 is 1.65 bits per heavy atom. The molecule has 1 amide bonds. The van der Waals surface area contributed by atoms with Crippen LogP contribution in [0, 0.1) is 11.6 Å². The van der Waals surface area contributed by atoms with Gasteiger partial charge in [0, 0.05) is 17.8 Å². The van der Waals surface area contributed by atoms with Crippen LogP contribution in [0.4, 0.5) is 14.5 Å². The number of carbonyl (C=O) groups excluding carboxylic acids is 1. The molecule has 0 aromatic heterocycles. The van der Waals surface area contributed by atoms with Crippen LogP contribution in [0.1, 0.15) is 18.5 Å². The van der Waals surface area contributed by atoms with Crippen molar-refractivity contribution in [3.8, 4) is 5.75 Å². The fraction of sp³-hybridized carbons (Fsp3) is 0.136. The van der Waals surface area contributed by atoms with Crippen LogP contribution in [0.3, 0.4) is 0 Å². The summed E-state index contributed by atoms with van der Waals surface area (Å²) in [5.41, 5.74) is 0.922. The zero-order valence-electron chi connectivity index (χ0n) is 16.5. The Labute approximate surface area is 178 Å². The summed E-state index contributed by atoms with van der Waals surface area (Å²) in [5.74, 6) is -2.40. The van der Waals surface area contributed by atoms with Gasteiger partial charge in [-0.1, -0.05) is 30.3 Å². The molecular formula is C22H20F2N2O4S. The van der Waals surface area contributed by atoms with Crippen LogP contribution in [0.15, 0.2) is 77.7 Å². The Morgan fingerprint density at radius 1 is 0.968 bits per heavy atom. The summed E-state index contributed by atoms with van der Waals surface area (Å²) in [6.07, 6.45) is 0. The molecule has 0 radical (unpaired) electrons. The van der Waals surface area contributed by atoms with E-state index in [1.54, 1.807) is 6.92 Å². The maximum atomic E-state index is 13.2. The first kappa shape index (κ1) is 22.4. The van der Waals surface area contributed by atoms with Crippen LogP contribution >= 0.6 is 0 Å². The summed E-state index contributed by atoms with van der Waals surface area (Å²) in [6, 6.07) is 17.3. The molecule has 9 heteroatoms. The monoisotopic (exact) mass is 446 g/mol. The fourth-order valence-electron chi connectivity index (χ4n) is 2.75. The van der Waals surface area contributed by atoms with Crippen molar-refractivity contribution < 1.29 is 26.7 Å². The molecule has 0 heterocycles. The van der Waals surface area contributed by atoms with E-state index >= 15 is 0 Å². The minimum absolute atomic E-state index is 0.0499. The Hall–Kier alpha value is -3.30. The van der Waals surface area contributed by atoms with E-state index < -0.39 is 40.2 Å². The van der Waals surface area contributed by atoms with Crippen molar-refractivity contribution in [1.82, 2.24) is 4.72 Å². The number of hydrogen-bond acceptors (Lipinski definition) is 4. The lowest BCUT2D eigenvalue weighted by molar-refractivity contribution is -0.118. The van der Waals surface area contributed by atoms with Gasteiger partial charge in [0.2, 0.25) is 10.0 Å². The second kappa shape index (κ2) is 9.67. The lowest BCUT2D eigenvalue weighted by atomic mass is 10.1. The highest BCUT2D eigenvalue weighted by atomic mass is 32.2. The Balaban J connectivity index is 1.56. The van der Waals surface area contributed by atoms with Gasteiger partial charge in [0.1, 0.15) is 5.75 Å². The number of hydrogen-bond donors (Lipinski definition) is 2. The van der Waals surface area contributed by atoms with Gasteiger partial charge in [0.05, 0.1) is 4.90 Å². The quantitative estimate of drug-likeness (QED) is 0.547. The van der Waals surface area contributed by atoms with Crippen molar-refractivity contribution in [3.05, 3.63) is 90.0 Å². The molecule has 1 atom stereocenters. The van der Waals surface area contributed by atoms with Crippen LogP contribution in [0.25, 0.3) is 0 Å². The molecule has 0 saturated carbocycles. The summed E-state index contributed by atoms with van der Waals surface area (Å²) >= 11 is 0. The van der Waals surface area contributed by atoms with Crippen molar-refractivity contribution >= 4 is 21.6 Å². The maximum absolute atomic E-state index is 13.2. The molecule has 6 nitrogen and oxygen atoms in total. The van der Waals surface area contributed by atoms with Crippen LogP contribution < -0.4 is 14.8 Å². The van der Waals surface area contributed by atoms with Crippen LogP contribution in [-0.4, -0.2) is 20.9 Å². The van der Waals surface area contributed by atoms with Crippen LogP contribution in [0.5, 0.6) is 5.75 Å². The molecule has 2 N–H and O–H groups in total. The standard InChI is InChI=1S/C22H20F2N2O4S/c1-15(16-5-3-2-4-6-16)26-31(28,29)19-10-8-18(9-11-19)30-14-22(27)25-17-7-12-20(23)21(24)13-17/h2-13,15,26H,14H2,1H3,(H,25,27)/t15-/m0/s1. The van der Waals surface area contributed by atoms with Gasteiger partial charge in [0.15, 0.2) is 18.2 Å². The molecule has 0 aliphatic rings. The smallest absolute Gasteiger partial charge is 0.262 e. The molecule has 0 fully saturated rings. The molecule has 0 saturated heterocycles. The number of nitrogens with one attached hydrogen (secondary N) is 2. The van der Waals surface area contributed by atoms with Gasteiger partial charge in [-0.3, -0.25) is 4.79 Å². The summed E-state index contributed by atoms with van der Waals surface area (Å²) in [7, 11) is -3.75. The Kier molecular flexibility index (Phi) is 6.98. The number of amides is 1. The number of sulfonamides is 1. The molecular weight excluding hydrogens is 426 g/mol. The first-order chi connectivity index (χ1) is 14.7. The molecule has 0 aliphatic carbocycles. The molecule has 0 spiro atoms. The summed E-state index contributed by atoms with van der Waals surface area (Å²) < 4.78 is 59.2. The first-order valence-electron chi connectivity index (χ1n) is 9.29. The van der Waals surface area contributed by atoms with Crippen LogP contribution in [-0.2, 0) is 14.8 Å². The van der Waals surface area contributed by atoms with Crippen LogP contribution in [0.2, 0.25) is 0 Å². The van der Waals surface area contributed by atoms with Crippen molar-refractivity contribution in [1.29, 1.82) is 0 Å². The third kappa shape index (κ3) is 6.09. The van der Waals surface area contributed by atoms with E-state index in [1.165, 1.54) is 30.3 Å². The predicted molar refractivity (Wildman–Crippen MR) is 112 cm³/mol. The summed E-state index contributed by atoms with van der Waals surface area (Å²) in [4.78, 5) is 12.0. The SMILES string of the molecule is C[C@H](NS(=O)(=O)c1ccc(OCC(=O)Nc2ccc(F)c(F)c2)cc1)c1ccccc1. The van der Waals surface area contributed by atoms with E-state index in [0.717, 1.165) is 17.7 Å². The largest absolute Gasteiger partial charge is 0.484 e. The molecule has 3 aromatic rings. The highest BCUT2D eigenvalue weighted by Gasteiger charge is 2.18. The van der Waals surface area contributed by atoms with Crippen molar-refractivity contribution in [2.45, 2.75) is 17.9 Å². The number of benzene rings is 3. The fourth-order valence-corrected chi connectivity index (χ4v) is 3.98. The zero-order chi connectivity index (χ0) is 22.4. The topological polar surface area (TPSA) is 84.5 Å². The predicted octanol–water partition coefficient (Wildman–Crippen LogP) is 4.02. The Bertz CT molecular complexity index is 1150. The highest BCUT2D eigenvalue weighted by molar-refractivity contribution is 7.89. The third-order valence-electron chi connectivity index (χ3n) is 4.34. The van der Waals surface area contributed by atoms with Crippen molar-refractivity contribution in [3.63, 3.8) is 0 Å². The molecule has 31 heavy (non-hydrogen) atoms. The minimum atomic E-state index is -3.75. The summed E-state index contributed by atoms with van der Waals surface area (Å²) in [5, 5.41) is 2.38. The molecule has 0 bridgehead atoms. The van der Waals surface area contributed by atoms with E-state index in [1.807, 2.05) is 30.3 Å². The number of ether oxygens (including phenoxy) is 1. The maximum Gasteiger partial charge on any atom is 0.262 e. The van der Waals surface area contributed by atoms with Gasteiger partial charge in [0.25, 0.3) is 5.91 Å². The number of rotatable bonds is 8. The molecule has 3 rings (SSSR count). The lowest BCUT2D eigenvalue weighted by Gasteiger charge is -2.15. The average Bonchev–Trinajstić information content (AvgIpc) is 2.75. The zero-order valence-corrected chi connectivity index (χ0v) is 17.3. The Morgan fingerprint density at radius 3 is 2.29 bits per heavy atom. The number of carbonyl (C=O) groups is 1. The summed E-state index contributed by atoms with van der Waals surface area (Å²) in [6.45, 7) is 1.35. The average molecular weight is 446 g/mol. The highest BCUT2D eigenvalue weighted by Crippen LogP contribution is 2.20. The van der Waals surface area contributed by atoms with Crippen molar-refractivity contribution in [2.75, 3.05) is 11.9 Å². The van der Waals surface area contributed by atoms with Gasteiger partial charge < -0.3 is 10.1 Å². The van der Waals surface area contributed by atoms with E-state index in [0.29, 0.717) is 0 Å². The molecule has 162 valence electrons. The van der Waals surface area contributed by atoms with Gasteiger partial charge in [-0.15, -0.1) is 0 Å². The van der Waals surface area contributed by atoms with Crippen molar-refractivity contribution in [2.24, 2.45) is 0 Å². The van der Waals surface area contributed by atoms with E-state index in [4.69, 9.17) is 4.74 Å². The van der Waals surface area contributed by atoms with Gasteiger partial charge in [-0.25, -0.2) is 21.9 Å². The second-order valence-corrected chi connectivity index (χ2v) is 8.40. The molecule has 3 aromatic carbocycles. The van der Waals surface area contributed by atoms with E-state index in [9.17, 15) is 22.0 Å². The number of halogens is 2. The van der Waals surface area contributed by atoms with Gasteiger partial charge in [-0.05, 0) is 48.9 Å². The first-order valence-corrected chi connectivity index (χ1v) is 10.8. The number of anilines is 1. The van der Waals surface area contributed by atoms with E-state index in [2.05, 4.69) is 10.0 Å². The van der Waals surface area contributed by atoms with E-state index in [-0.39, 0.29) is 16.3 Å².